The first-order chi connectivity index (χ1) is 10.4. The Balaban J connectivity index is 1.51. The molecule has 0 spiro atoms. The van der Waals surface area contributed by atoms with Gasteiger partial charge in [0, 0.05) is 0 Å². The zero-order chi connectivity index (χ0) is 15.4. The maximum Gasteiger partial charge on any atom is 0.530 e. The molecule has 0 bridgehead atoms. The summed E-state index contributed by atoms with van der Waals surface area (Å²) in [6.45, 7) is 3.70. The molecule has 3 heterocycles. The van der Waals surface area contributed by atoms with Gasteiger partial charge in [-0.25, -0.2) is 4.57 Å². The van der Waals surface area contributed by atoms with Crippen molar-refractivity contribution in [1.82, 2.24) is 0 Å². The highest BCUT2D eigenvalue weighted by atomic mass is 31.2. The zero-order valence-electron chi connectivity index (χ0n) is 12.2. The summed E-state index contributed by atoms with van der Waals surface area (Å²) < 4.78 is 46.1. The van der Waals surface area contributed by atoms with E-state index in [4.69, 9.17) is 27.8 Å². The molecule has 22 heavy (non-hydrogen) atoms. The summed E-state index contributed by atoms with van der Waals surface area (Å²) in [5.41, 5.74) is 0. The molecule has 0 saturated carbocycles. The van der Waals surface area contributed by atoms with E-state index < -0.39 is 32.1 Å². The van der Waals surface area contributed by atoms with Gasteiger partial charge in [0.25, 0.3) is 0 Å². The minimum atomic E-state index is -3.71. The Bertz CT molecular complexity index is 604. The quantitative estimate of drug-likeness (QED) is 0.772. The number of phosphoric ester groups is 1. The number of benzene rings is 1. The molecule has 8 heteroatoms. The van der Waals surface area contributed by atoms with Crippen molar-refractivity contribution in [2.24, 2.45) is 0 Å². The Labute approximate surface area is 128 Å². The molecule has 5 atom stereocenters. The lowest BCUT2D eigenvalue weighted by molar-refractivity contribution is -0.221. The van der Waals surface area contributed by atoms with Crippen molar-refractivity contribution in [1.29, 1.82) is 0 Å². The smallest absolute Gasteiger partial charge is 0.404 e. The Morgan fingerprint density at radius 2 is 1.95 bits per heavy atom. The van der Waals surface area contributed by atoms with Gasteiger partial charge in [0.15, 0.2) is 12.1 Å². The highest BCUT2D eigenvalue weighted by Crippen LogP contribution is 2.57. The summed E-state index contributed by atoms with van der Waals surface area (Å²) >= 11 is 0. The second kappa shape index (κ2) is 5.03. The van der Waals surface area contributed by atoms with Crippen molar-refractivity contribution >= 4 is 7.82 Å². The van der Waals surface area contributed by atoms with Crippen molar-refractivity contribution in [2.75, 3.05) is 6.61 Å². The second-order valence-corrected chi connectivity index (χ2v) is 7.41. The van der Waals surface area contributed by atoms with Gasteiger partial charge in [0.2, 0.25) is 0 Å². The van der Waals surface area contributed by atoms with Crippen LogP contribution in [-0.4, -0.2) is 37.0 Å². The lowest BCUT2D eigenvalue weighted by Gasteiger charge is -2.32. The van der Waals surface area contributed by atoms with E-state index in [1.54, 1.807) is 38.1 Å². The summed E-state index contributed by atoms with van der Waals surface area (Å²) in [5.74, 6) is -0.338. The van der Waals surface area contributed by atoms with Crippen LogP contribution in [0, 0.1) is 0 Å². The summed E-state index contributed by atoms with van der Waals surface area (Å²) in [5, 5.41) is 0. The number of para-hydroxylation sites is 1. The van der Waals surface area contributed by atoms with E-state index in [0.29, 0.717) is 5.75 Å². The SMILES string of the molecule is CC1(C)O[C@H]2O[C@@H]3CO[P@](=O)(Oc4ccccc4)O[C@H]3[C@H]2O1. The van der Waals surface area contributed by atoms with E-state index in [1.165, 1.54) is 0 Å². The largest absolute Gasteiger partial charge is 0.530 e. The van der Waals surface area contributed by atoms with Gasteiger partial charge in [-0.1, -0.05) is 18.2 Å². The predicted molar refractivity (Wildman–Crippen MR) is 74.2 cm³/mol. The molecule has 120 valence electrons. The number of ether oxygens (including phenoxy) is 3. The molecule has 0 aliphatic carbocycles. The number of hydrogen-bond donors (Lipinski definition) is 0. The third-order valence-electron chi connectivity index (χ3n) is 3.70. The minimum Gasteiger partial charge on any atom is -0.404 e. The third-order valence-corrected chi connectivity index (χ3v) is 5.10. The van der Waals surface area contributed by atoms with Crippen LogP contribution in [0.3, 0.4) is 0 Å². The van der Waals surface area contributed by atoms with E-state index in [0.717, 1.165) is 0 Å². The van der Waals surface area contributed by atoms with Gasteiger partial charge >= 0.3 is 7.82 Å². The van der Waals surface area contributed by atoms with E-state index in [9.17, 15) is 4.57 Å². The lowest BCUT2D eigenvalue weighted by Crippen LogP contribution is -2.41. The molecular formula is C14H17O7P. The highest BCUT2D eigenvalue weighted by Gasteiger charge is 2.60. The van der Waals surface area contributed by atoms with Crippen molar-refractivity contribution < 1.29 is 32.3 Å². The number of fused-ring (bicyclic) bond motifs is 3. The standard InChI is InChI=1S/C14H17O7P/c1-14(2)18-12-11-10(17-13(12)19-14)8-16-22(15,21-11)20-9-6-4-3-5-7-9/h3-7,10-13H,8H2,1-2H3/t10-,11-,12-,13-,22-/m1/s1. The number of phosphoric acid groups is 1. The molecule has 7 nitrogen and oxygen atoms in total. The Hall–Kier alpha value is -0.950. The fraction of sp³-hybridized carbons (Fsp3) is 0.571. The fourth-order valence-electron chi connectivity index (χ4n) is 2.81. The van der Waals surface area contributed by atoms with Crippen LogP contribution in [0.5, 0.6) is 5.75 Å². The third kappa shape index (κ3) is 2.58. The summed E-state index contributed by atoms with van der Waals surface area (Å²) in [6.07, 6.45) is -1.92. The minimum absolute atomic E-state index is 0.106. The van der Waals surface area contributed by atoms with Crippen LogP contribution in [0.25, 0.3) is 0 Å². The number of rotatable bonds is 2. The van der Waals surface area contributed by atoms with Gasteiger partial charge in [-0.3, -0.25) is 9.05 Å². The van der Waals surface area contributed by atoms with Gasteiger partial charge in [0.1, 0.15) is 24.1 Å². The van der Waals surface area contributed by atoms with Crippen LogP contribution >= 0.6 is 7.82 Å². The molecule has 4 rings (SSSR count). The Kier molecular flexibility index (Phi) is 3.34. The van der Waals surface area contributed by atoms with Crippen molar-refractivity contribution in [3.05, 3.63) is 30.3 Å². The topological polar surface area (TPSA) is 72.5 Å². The second-order valence-electron chi connectivity index (χ2n) is 5.86. The van der Waals surface area contributed by atoms with Crippen LogP contribution in [0.4, 0.5) is 0 Å². The predicted octanol–water partition coefficient (Wildman–Crippen LogP) is 2.47. The first-order valence-electron chi connectivity index (χ1n) is 7.13. The molecule has 0 N–H and O–H groups in total. The molecule has 0 aromatic heterocycles. The zero-order valence-corrected chi connectivity index (χ0v) is 13.1. The lowest BCUT2D eigenvalue weighted by atomic mass is 10.1. The summed E-state index contributed by atoms with van der Waals surface area (Å²) in [7, 11) is -3.71. The monoisotopic (exact) mass is 328 g/mol. The first kappa shape index (κ1) is 14.6. The van der Waals surface area contributed by atoms with Gasteiger partial charge in [-0.15, -0.1) is 0 Å². The Morgan fingerprint density at radius 1 is 1.18 bits per heavy atom. The van der Waals surface area contributed by atoms with Crippen LogP contribution in [0.2, 0.25) is 0 Å². The van der Waals surface area contributed by atoms with Crippen LogP contribution < -0.4 is 4.52 Å². The molecule has 1 aromatic rings. The normalized spacial score (nSPS) is 42.6. The molecule has 0 unspecified atom stereocenters. The molecular weight excluding hydrogens is 311 g/mol. The maximum absolute atomic E-state index is 12.7. The van der Waals surface area contributed by atoms with Gasteiger partial charge in [-0.05, 0) is 26.0 Å². The van der Waals surface area contributed by atoms with Gasteiger partial charge < -0.3 is 18.7 Å². The summed E-state index contributed by atoms with van der Waals surface area (Å²) in [4.78, 5) is 0. The maximum atomic E-state index is 12.7. The van der Waals surface area contributed by atoms with Crippen molar-refractivity contribution in [2.45, 2.75) is 44.2 Å². The van der Waals surface area contributed by atoms with Gasteiger partial charge in [0.05, 0.1) is 6.61 Å². The molecule has 0 radical (unpaired) electrons. The van der Waals surface area contributed by atoms with Crippen LogP contribution in [-0.2, 0) is 27.8 Å². The molecule has 3 saturated heterocycles. The van der Waals surface area contributed by atoms with E-state index in [-0.39, 0.29) is 12.7 Å². The average Bonchev–Trinajstić information content (AvgIpc) is 2.92. The molecule has 3 fully saturated rings. The first-order valence-corrected chi connectivity index (χ1v) is 8.59. The van der Waals surface area contributed by atoms with Crippen molar-refractivity contribution in [3.63, 3.8) is 0 Å². The molecule has 3 aliphatic heterocycles. The molecule has 1 aromatic carbocycles. The number of hydrogen-bond acceptors (Lipinski definition) is 7. The molecule has 3 aliphatic rings. The molecule has 0 amide bonds. The summed E-state index contributed by atoms with van der Waals surface area (Å²) in [6, 6.07) is 8.76. The van der Waals surface area contributed by atoms with Crippen LogP contribution in [0.1, 0.15) is 13.8 Å². The van der Waals surface area contributed by atoms with E-state index in [1.807, 2.05) is 6.07 Å². The van der Waals surface area contributed by atoms with Gasteiger partial charge in [-0.2, -0.15) is 0 Å². The van der Waals surface area contributed by atoms with E-state index >= 15 is 0 Å². The highest BCUT2D eigenvalue weighted by molar-refractivity contribution is 7.49. The fourth-order valence-corrected chi connectivity index (χ4v) is 4.23. The average molecular weight is 328 g/mol. The van der Waals surface area contributed by atoms with Crippen molar-refractivity contribution in [3.8, 4) is 5.75 Å². The Morgan fingerprint density at radius 3 is 2.73 bits per heavy atom. The van der Waals surface area contributed by atoms with E-state index in [2.05, 4.69) is 0 Å². The van der Waals surface area contributed by atoms with Crippen LogP contribution in [0.15, 0.2) is 30.3 Å².